The molecule has 0 aromatic heterocycles. The number of amides is 3. The predicted octanol–water partition coefficient (Wildman–Crippen LogP) is 7.33. The quantitative estimate of drug-likeness (QED) is 0.196. The van der Waals surface area contributed by atoms with E-state index < -0.39 is 23.8 Å². The molecule has 0 saturated carbocycles. The third-order valence-corrected chi connectivity index (χ3v) is 6.86. The van der Waals surface area contributed by atoms with Gasteiger partial charge in [-0.15, -0.1) is 0 Å². The lowest BCUT2D eigenvalue weighted by Crippen LogP contribution is -2.54. The lowest BCUT2D eigenvalue weighted by Gasteiger charge is -2.35. The van der Waals surface area contributed by atoms with Crippen molar-refractivity contribution in [2.24, 2.45) is 5.92 Å². The molecule has 40 heavy (non-hydrogen) atoms. The van der Waals surface area contributed by atoms with Crippen molar-refractivity contribution in [3.8, 4) is 0 Å². The molecule has 0 aliphatic heterocycles. The second kappa shape index (κ2) is 18.0. The first-order valence-corrected chi connectivity index (χ1v) is 15.5. The molecule has 0 radical (unpaired) electrons. The number of benzene rings is 1. The number of aryl methyl sites for hydroxylation is 1. The number of nitrogens with one attached hydrogen (secondary N) is 2. The van der Waals surface area contributed by atoms with E-state index in [1.807, 2.05) is 45.0 Å². The van der Waals surface area contributed by atoms with E-state index in [4.69, 9.17) is 4.74 Å². The number of ether oxygens (including phenoxy) is 1. The van der Waals surface area contributed by atoms with Gasteiger partial charge in [-0.05, 0) is 70.4 Å². The zero-order valence-electron chi connectivity index (χ0n) is 26.8. The molecule has 2 N–H and O–H groups in total. The van der Waals surface area contributed by atoms with Crippen LogP contribution in [0.4, 0.5) is 4.79 Å². The molecule has 0 saturated heterocycles. The number of hydrogen-bond donors (Lipinski definition) is 2. The number of nitrogens with zero attached hydrogens (tertiary/aromatic N) is 1. The first-order valence-electron chi connectivity index (χ1n) is 15.5. The Morgan fingerprint density at radius 3 is 2.02 bits per heavy atom. The summed E-state index contributed by atoms with van der Waals surface area (Å²) in [5, 5.41) is 6.00. The number of unbranched alkanes of at least 4 members (excludes halogenated alkanes) is 4. The Balaban J connectivity index is 3.50. The highest BCUT2D eigenvalue weighted by Gasteiger charge is 2.36. The molecule has 3 atom stereocenters. The lowest BCUT2D eigenvalue weighted by atomic mass is 9.97. The van der Waals surface area contributed by atoms with E-state index in [9.17, 15) is 14.4 Å². The van der Waals surface area contributed by atoms with Crippen LogP contribution in [0.15, 0.2) is 24.3 Å². The molecule has 3 amide bonds. The topological polar surface area (TPSA) is 87.7 Å². The normalized spacial score (nSPS) is 13.8. The van der Waals surface area contributed by atoms with Gasteiger partial charge in [0.15, 0.2) is 0 Å². The van der Waals surface area contributed by atoms with Gasteiger partial charge in [0.2, 0.25) is 11.8 Å². The standard InChI is InChI=1S/C33H57N3O4/c1-10-13-14-15-16-22-36(31(38)28(23-24(4)5)35-32(39)40-33(7,8)9)29(30(37)34-25(6)17-11-2)27-20-18-26(12-3)19-21-27/h18-21,24-25,28-29H,10-17,22-23H2,1-9H3,(H,34,37)(H,35,39). The van der Waals surface area contributed by atoms with Crippen molar-refractivity contribution < 1.29 is 19.1 Å². The zero-order valence-corrected chi connectivity index (χ0v) is 26.8. The van der Waals surface area contributed by atoms with Crippen LogP contribution in [0.3, 0.4) is 0 Å². The van der Waals surface area contributed by atoms with Crippen LogP contribution in [0.2, 0.25) is 0 Å². The van der Waals surface area contributed by atoms with Gasteiger partial charge in [-0.1, -0.05) is 91.0 Å². The number of carbonyl (C=O) groups excluding carboxylic acids is 3. The van der Waals surface area contributed by atoms with Crippen LogP contribution in [0.25, 0.3) is 0 Å². The molecular formula is C33H57N3O4. The molecule has 1 rings (SSSR count). The summed E-state index contributed by atoms with van der Waals surface area (Å²) in [6.45, 7) is 18.2. The van der Waals surface area contributed by atoms with Gasteiger partial charge in [0.05, 0.1) is 0 Å². The average molecular weight is 560 g/mol. The van der Waals surface area contributed by atoms with E-state index >= 15 is 0 Å². The molecule has 0 aliphatic carbocycles. The largest absolute Gasteiger partial charge is 0.444 e. The summed E-state index contributed by atoms with van der Waals surface area (Å²) in [6.07, 6.45) is 7.63. The van der Waals surface area contributed by atoms with E-state index in [2.05, 4.69) is 31.4 Å². The summed E-state index contributed by atoms with van der Waals surface area (Å²) in [5.74, 6) is -0.290. The van der Waals surface area contributed by atoms with Gasteiger partial charge in [0, 0.05) is 12.6 Å². The number of hydrogen-bond acceptors (Lipinski definition) is 4. The van der Waals surface area contributed by atoms with Gasteiger partial charge in [0.25, 0.3) is 0 Å². The summed E-state index contributed by atoms with van der Waals surface area (Å²) in [5.41, 5.74) is 1.26. The fourth-order valence-electron chi connectivity index (χ4n) is 4.83. The van der Waals surface area contributed by atoms with Crippen molar-refractivity contribution in [1.82, 2.24) is 15.5 Å². The monoisotopic (exact) mass is 559 g/mol. The van der Waals surface area contributed by atoms with Gasteiger partial charge >= 0.3 is 6.09 Å². The molecule has 1 aromatic rings. The van der Waals surface area contributed by atoms with E-state index in [-0.39, 0.29) is 23.8 Å². The van der Waals surface area contributed by atoms with Crippen molar-refractivity contribution in [1.29, 1.82) is 0 Å². The molecule has 228 valence electrons. The number of rotatable bonds is 17. The van der Waals surface area contributed by atoms with Gasteiger partial charge in [-0.2, -0.15) is 0 Å². The summed E-state index contributed by atoms with van der Waals surface area (Å²) in [7, 11) is 0. The minimum atomic E-state index is -0.802. The van der Waals surface area contributed by atoms with Crippen molar-refractivity contribution in [3.05, 3.63) is 35.4 Å². The van der Waals surface area contributed by atoms with E-state index in [0.717, 1.165) is 56.9 Å². The molecule has 3 unspecified atom stereocenters. The van der Waals surface area contributed by atoms with Gasteiger partial charge < -0.3 is 20.3 Å². The maximum atomic E-state index is 14.3. The average Bonchev–Trinajstić information content (AvgIpc) is 2.86. The molecule has 0 spiro atoms. The van der Waals surface area contributed by atoms with Crippen LogP contribution in [0, 0.1) is 5.92 Å². The number of alkyl carbamates (subject to hydrolysis) is 1. The Labute approximate surface area is 244 Å². The van der Waals surface area contributed by atoms with Crippen LogP contribution in [0.5, 0.6) is 0 Å². The maximum Gasteiger partial charge on any atom is 0.408 e. The van der Waals surface area contributed by atoms with Crippen molar-refractivity contribution in [2.45, 2.75) is 144 Å². The molecule has 7 nitrogen and oxygen atoms in total. The summed E-state index contributed by atoms with van der Waals surface area (Å²) in [6, 6.07) is 6.37. The molecule has 7 heteroatoms. The Kier molecular flexibility index (Phi) is 15.9. The molecule has 0 heterocycles. The van der Waals surface area contributed by atoms with Crippen LogP contribution in [0.1, 0.15) is 131 Å². The molecule has 1 aromatic carbocycles. The minimum Gasteiger partial charge on any atom is -0.444 e. The smallest absolute Gasteiger partial charge is 0.408 e. The second-order valence-corrected chi connectivity index (χ2v) is 12.5. The van der Waals surface area contributed by atoms with E-state index in [1.165, 1.54) is 5.56 Å². The van der Waals surface area contributed by atoms with Crippen LogP contribution in [-0.2, 0) is 20.7 Å². The maximum absolute atomic E-state index is 14.3. The third kappa shape index (κ3) is 13.2. The molecular weight excluding hydrogens is 502 g/mol. The molecule has 0 fully saturated rings. The predicted molar refractivity (Wildman–Crippen MR) is 164 cm³/mol. The molecule has 0 bridgehead atoms. The Morgan fingerprint density at radius 1 is 0.875 bits per heavy atom. The van der Waals surface area contributed by atoms with Gasteiger partial charge in [0.1, 0.15) is 17.7 Å². The highest BCUT2D eigenvalue weighted by atomic mass is 16.6. The van der Waals surface area contributed by atoms with E-state index in [1.54, 1.807) is 25.7 Å². The first-order chi connectivity index (χ1) is 18.8. The summed E-state index contributed by atoms with van der Waals surface area (Å²) < 4.78 is 5.50. The van der Waals surface area contributed by atoms with Crippen LogP contribution < -0.4 is 10.6 Å². The fourth-order valence-corrected chi connectivity index (χ4v) is 4.83. The highest BCUT2D eigenvalue weighted by molar-refractivity contribution is 5.92. The Hall–Kier alpha value is -2.57. The third-order valence-electron chi connectivity index (χ3n) is 6.86. The lowest BCUT2D eigenvalue weighted by molar-refractivity contribution is -0.143. The zero-order chi connectivity index (χ0) is 30.3. The van der Waals surface area contributed by atoms with Crippen LogP contribution >= 0.6 is 0 Å². The number of carbonyl (C=O) groups is 3. The Morgan fingerprint density at radius 2 is 1.50 bits per heavy atom. The van der Waals surface area contributed by atoms with Crippen molar-refractivity contribution in [2.75, 3.05) is 6.54 Å². The van der Waals surface area contributed by atoms with Gasteiger partial charge in [-0.3, -0.25) is 9.59 Å². The fraction of sp³-hybridized carbons (Fsp3) is 0.727. The Bertz CT molecular complexity index is 892. The van der Waals surface area contributed by atoms with Crippen molar-refractivity contribution >= 4 is 17.9 Å². The van der Waals surface area contributed by atoms with Gasteiger partial charge in [-0.25, -0.2) is 4.79 Å². The first kappa shape index (κ1) is 35.5. The SMILES string of the molecule is CCCCCCCN(C(=O)C(CC(C)C)NC(=O)OC(C)(C)C)C(C(=O)NC(C)CCC)c1ccc(CC)cc1. The highest BCUT2D eigenvalue weighted by Crippen LogP contribution is 2.26. The minimum absolute atomic E-state index is 0.0113. The van der Waals surface area contributed by atoms with E-state index in [0.29, 0.717) is 13.0 Å². The summed E-state index contributed by atoms with van der Waals surface area (Å²) >= 11 is 0. The van der Waals surface area contributed by atoms with Crippen LogP contribution in [-0.4, -0.2) is 47.0 Å². The summed E-state index contributed by atoms with van der Waals surface area (Å²) in [4.78, 5) is 42.7. The molecule has 0 aliphatic rings. The van der Waals surface area contributed by atoms with Crippen molar-refractivity contribution in [3.63, 3.8) is 0 Å². The second-order valence-electron chi connectivity index (χ2n) is 12.5.